The van der Waals surface area contributed by atoms with E-state index in [9.17, 15) is 9.59 Å². The predicted molar refractivity (Wildman–Crippen MR) is 80.7 cm³/mol. The standard InChI is InChI=1S/C16H20N2O3/c1-3-7-14(4-2)18-16(21)17-11-13-9-6-5-8-12(13)10-15(19)20/h1,5-6,8-9,14H,4,7,10-11H2,2H3,(H,19,20)(H2,17,18,21). The van der Waals surface area contributed by atoms with Gasteiger partial charge in [0.05, 0.1) is 6.42 Å². The zero-order valence-electron chi connectivity index (χ0n) is 12.1. The average Bonchev–Trinajstić information content (AvgIpc) is 2.45. The van der Waals surface area contributed by atoms with Crippen molar-refractivity contribution < 1.29 is 14.7 Å². The maximum atomic E-state index is 11.8. The smallest absolute Gasteiger partial charge is 0.315 e. The summed E-state index contributed by atoms with van der Waals surface area (Å²) in [6.07, 6.45) is 6.42. The fraction of sp³-hybridized carbons (Fsp3) is 0.375. The normalized spacial score (nSPS) is 11.2. The minimum Gasteiger partial charge on any atom is -0.481 e. The van der Waals surface area contributed by atoms with E-state index in [1.54, 1.807) is 18.2 Å². The molecule has 0 heterocycles. The third-order valence-electron chi connectivity index (χ3n) is 3.09. The van der Waals surface area contributed by atoms with E-state index in [1.165, 1.54) is 0 Å². The largest absolute Gasteiger partial charge is 0.481 e. The number of hydrogen-bond donors (Lipinski definition) is 3. The number of carbonyl (C=O) groups excluding carboxylic acids is 1. The first-order chi connectivity index (χ1) is 10.1. The summed E-state index contributed by atoms with van der Waals surface area (Å²) in [6.45, 7) is 2.23. The summed E-state index contributed by atoms with van der Waals surface area (Å²) in [5, 5.41) is 14.4. The Morgan fingerprint density at radius 1 is 1.33 bits per heavy atom. The van der Waals surface area contributed by atoms with Crippen molar-refractivity contribution in [2.45, 2.75) is 38.8 Å². The number of carbonyl (C=O) groups is 2. The lowest BCUT2D eigenvalue weighted by Gasteiger charge is -2.15. The molecule has 0 saturated heterocycles. The zero-order valence-corrected chi connectivity index (χ0v) is 12.1. The van der Waals surface area contributed by atoms with Gasteiger partial charge in [0.2, 0.25) is 0 Å². The number of benzene rings is 1. The van der Waals surface area contributed by atoms with Gasteiger partial charge in [-0.3, -0.25) is 4.79 Å². The second kappa shape index (κ2) is 8.64. The van der Waals surface area contributed by atoms with Gasteiger partial charge < -0.3 is 15.7 Å². The van der Waals surface area contributed by atoms with E-state index in [-0.39, 0.29) is 25.0 Å². The first-order valence-corrected chi connectivity index (χ1v) is 6.83. The Kier molecular flexibility index (Phi) is 6.82. The minimum absolute atomic E-state index is 0.0516. The number of carboxylic acids is 1. The summed E-state index contributed by atoms with van der Waals surface area (Å²) < 4.78 is 0. The van der Waals surface area contributed by atoms with Crippen molar-refractivity contribution in [1.82, 2.24) is 10.6 Å². The molecule has 2 amide bonds. The quantitative estimate of drug-likeness (QED) is 0.671. The first kappa shape index (κ1) is 16.6. The van der Waals surface area contributed by atoms with Crippen LogP contribution in [0.1, 0.15) is 30.9 Å². The van der Waals surface area contributed by atoms with E-state index in [0.717, 1.165) is 12.0 Å². The third-order valence-corrected chi connectivity index (χ3v) is 3.09. The van der Waals surface area contributed by atoms with Crippen LogP contribution in [-0.4, -0.2) is 23.1 Å². The number of hydrogen-bond acceptors (Lipinski definition) is 2. The van der Waals surface area contributed by atoms with Crippen molar-refractivity contribution in [2.75, 3.05) is 0 Å². The summed E-state index contributed by atoms with van der Waals surface area (Å²) in [6, 6.07) is 6.79. The molecule has 1 aromatic carbocycles. The fourth-order valence-electron chi connectivity index (χ4n) is 1.92. The lowest BCUT2D eigenvalue weighted by Crippen LogP contribution is -2.41. The fourth-order valence-corrected chi connectivity index (χ4v) is 1.92. The predicted octanol–water partition coefficient (Wildman–Crippen LogP) is 1.91. The molecule has 0 fully saturated rings. The molecule has 1 unspecified atom stereocenters. The van der Waals surface area contributed by atoms with Crippen LogP contribution in [0.25, 0.3) is 0 Å². The summed E-state index contributed by atoms with van der Waals surface area (Å²) in [7, 11) is 0. The number of carboxylic acid groups (broad SMARTS) is 1. The highest BCUT2D eigenvalue weighted by Gasteiger charge is 2.10. The second-order valence-corrected chi connectivity index (χ2v) is 4.68. The third kappa shape index (κ3) is 6.00. The van der Waals surface area contributed by atoms with Gasteiger partial charge in [0.15, 0.2) is 0 Å². The summed E-state index contributed by atoms with van der Waals surface area (Å²) >= 11 is 0. The first-order valence-electron chi connectivity index (χ1n) is 6.83. The number of amides is 2. The molecule has 0 aliphatic heterocycles. The number of aliphatic carboxylic acids is 1. The van der Waals surface area contributed by atoms with Gasteiger partial charge >= 0.3 is 12.0 Å². The molecule has 3 N–H and O–H groups in total. The average molecular weight is 288 g/mol. The summed E-state index contributed by atoms with van der Waals surface area (Å²) in [5.41, 5.74) is 1.49. The zero-order chi connectivity index (χ0) is 15.7. The molecule has 1 aromatic rings. The van der Waals surface area contributed by atoms with Crippen LogP contribution in [0, 0.1) is 12.3 Å². The maximum Gasteiger partial charge on any atom is 0.315 e. The highest BCUT2D eigenvalue weighted by molar-refractivity contribution is 5.74. The SMILES string of the molecule is C#CCC(CC)NC(=O)NCc1ccccc1CC(=O)O. The van der Waals surface area contributed by atoms with Crippen molar-refractivity contribution in [3.8, 4) is 12.3 Å². The monoisotopic (exact) mass is 288 g/mol. The Labute approximate surface area is 124 Å². The Hall–Kier alpha value is -2.48. The molecule has 0 saturated carbocycles. The number of terminal acetylenes is 1. The Morgan fingerprint density at radius 3 is 2.57 bits per heavy atom. The number of urea groups is 1. The molecule has 0 aliphatic carbocycles. The highest BCUT2D eigenvalue weighted by Crippen LogP contribution is 2.09. The Balaban J connectivity index is 2.57. The van der Waals surface area contributed by atoms with Gasteiger partial charge in [-0.15, -0.1) is 12.3 Å². The molecule has 5 heteroatoms. The van der Waals surface area contributed by atoms with Crippen molar-refractivity contribution in [3.63, 3.8) is 0 Å². The van der Waals surface area contributed by atoms with Crippen LogP contribution in [0.15, 0.2) is 24.3 Å². The van der Waals surface area contributed by atoms with Crippen molar-refractivity contribution in [2.24, 2.45) is 0 Å². The van der Waals surface area contributed by atoms with Gasteiger partial charge in [0, 0.05) is 19.0 Å². The van der Waals surface area contributed by atoms with Gasteiger partial charge in [-0.1, -0.05) is 31.2 Å². The van der Waals surface area contributed by atoms with Gasteiger partial charge in [-0.05, 0) is 17.5 Å². The van der Waals surface area contributed by atoms with E-state index in [2.05, 4.69) is 16.6 Å². The summed E-state index contributed by atoms with van der Waals surface area (Å²) in [5.74, 6) is 1.62. The molecular formula is C16H20N2O3. The van der Waals surface area contributed by atoms with E-state index >= 15 is 0 Å². The van der Waals surface area contributed by atoms with Gasteiger partial charge in [0.25, 0.3) is 0 Å². The number of rotatable bonds is 7. The molecule has 0 aromatic heterocycles. The van der Waals surface area contributed by atoms with Crippen molar-refractivity contribution >= 4 is 12.0 Å². The van der Waals surface area contributed by atoms with Gasteiger partial charge in [-0.25, -0.2) is 4.79 Å². The van der Waals surface area contributed by atoms with E-state index in [0.29, 0.717) is 12.0 Å². The second-order valence-electron chi connectivity index (χ2n) is 4.68. The van der Waals surface area contributed by atoms with Crippen LogP contribution in [0.5, 0.6) is 0 Å². The van der Waals surface area contributed by atoms with Crippen LogP contribution in [0.3, 0.4) is 0 Å². The maximum absolute atomic E-state index is 11.8. The highest BCUT2D eigenvalue weighted by atomic mass is 16.4. The minimum atomic E-state index is -0.896. The summed E-state index contributed by atoms with van der Waals surface area (Å²) in [4.78, 5) is 22.6. The van der Waals surface area contributed by atoms with E-state index in [4.69, 9.17) is 11.5 Å². The molecule has 0 radical (unpaired) electrons. The molecule has 5 nitrogen and oxygen atoms in total. The number of nitrogens with one attached hydrogen (secondary N) is 2. The molecule has 21 heavy (non-hydrogen) atoms. The van der Waals surface area contributed by atoms with Crippen molar-refractivity contribution in [1.29, 1.82) is 0 Å². The van der Waals surface area contributed by atoms with E-state index < -0.39 is 5.97 Å². The molecule has 0 spiro atoms. The molecule has 1 rings (SSSR count). The molecule has 112 valence electrons. The van der Waals surface area contributed by atoms with Gasteiger partial charge in [0.1, 0.15) is 0 Å². The molecule has 0 aliphatic rings. The molecule has 0 bridgehead atoms. The van der Waals surface area contributed by atoms with E-state index in [1.807, 2.05) is 13.0 Å². The van der Waals surface area contributed by atoms with Crippen LogP contribution in [-0.2, 0) is 17.8 Å². The molecule has 1 atom stereocenters. The Morgan fingerprint density at radius 2 is 2.00 bits per heavy atom. The van der Waals surface area contributed by atoms with Crippen LogP contribution >= 0.6 is 0 Å². The van der Waals surface area contributed by atoms with Crippen LogP contribution < -0.4 is 10.6 Å². The molecular weight excluding hydrogens is 268 g/mol. The lowest BCUT2D eigenvalue weighted by molar-refractivity contribution is -0.136. The lowest BCUT2D eigenvalue weighted by atomic mass is 10.0. The van der Waals surface area contributed by atoms with Crippen LogP contribution in [0.2, 0.25) is 0 Å². The topological polar surface area (TPSA) is 78.4 Å². The van der Waals surface area contributed by atoms with Crippen LogP contribution in [0.4, 0.5) is 4.79 Å². The van der Waals surface area contributed by atoms with Crippen molar-refractivity contribution in [3.05, 3.63) is 35.4 Å². The van der Waals surface area contributed by atoms with Gasteiger partial charge in [-0.2, -0.15) is 0 Å². The Bertz CT molecular complexity index is 535.